The zero-order valence-corrected chi connectivity index (χ0v) is 9.84. The summed E-state index contributed by atoms with van der Waals surface area (Å²) in [5, 5.41) is 11.7. The molecule has 1 aromatic carbocycles. The molecule has 0 spiro atoms. The largest absolute Gasteiger partial charge is 0.409 e. The van der Waals surface area contributed by atoms with Crippen molar-refractivity contribution < 1.29 is 5.21 Å². The first-order chi connectivity index (χ1) is 7.20. The van der Waals surface area contributed by atoms with E-state index in [1.807, 2.05) is 25.1 Å². The minimum Gasteiger partial charge on any atom is -0.409 e. The Bertz CT molecular complexity index is 364. The highest BCUT2D eigenvalue weighted by Gasteiger charge is 2.09. The summed E-state index contributed by atoms with van der Waals surface area (Å²) in [5.74, 6) is 1.22. The fraction of sp³-hybridized carbons (Fsp3) is 0.364. The number of hydrogen-bond donors (Lipinski definition) is 2. The van der Waals surface area contributed by atoms with Gasteiger partial charge in [-0.1, -0.05) is 30.3 Å². The smallest absolute Gasteiger partial charge is 0.171 e. The van der Waals surface area contributed by atoms with Gasteiger partial charge in [0.05, 0.1) is 0 Å². The minimum atomic E-state index is 0.178. The van der Waals surface area contributed by atoms with Gasteiger partial charge in [0, 0.05) is 10.5 Å². The van der Waals surface area contributed by atoms with E-state index < -0.39 is 0 Å². The van der Waals surface area contributed by atoms with Crippen molar-refractivity contribution in [2.24, 2.45) is 10.9 Å². The van der Waals surface area contributed by atoms with Crippen molar-refractivity contribution in [3.8, 4) is 0 Å². The summed E-state index contributed by atoms with van der Waals surface area (Å²) < 4.78 is 0. The van der Waals surface area contributed by atoms with E-state index in [1.165, 1.54) is 0 Å². The van der Waals surface area contributed by atoms with Crippen LogP contribution in [0.25, 0.3) is 0 Å². The molecule has 0 unspecified atom stereocenters. The molecular formula is C11H16N2OS. The number of hydrogen-bond acceptors (Lipinski definition) is 3. The second kappa shape index (κ2) is 5.66. The van der Waals surface area contributed by atoms with Gasteiger partial charge in [-0.15, -0.1) is 11.8 Å². The lowest BCUT2D eigenvalue weighted by Crippen LogP contribution is -2.14. The average molecular weight is 224 g/mol. The van der Waals surface area contributed by atoms with Gasteiger partial charge in [-0.2, -0.15) is 0 Å². The van der Waals surface area contributed by atoms with Gasteiger partial charge in [-0.3, -0.25) is 0 Å². The molecule has 0 atom stereocenters. The molecule has 0 aliphatic carbocycles. The second-order valence-electron chi connectivity index (χ2n) is 3.29. The van der Waals surface area contributed by atoms with Crippen LogP contribution in [0.1, 0.15) is 24.5 Å². The van der Waals surface area contributed by atoms with Crippen molar-refractivity contribution in [2.75, 3.05) is 5.75 Å². The Kier molecular flexibility index (Phi) is 4.49. The van der Waals surface area contributed by atoms with Gasteiger partial charge in [0.25, 0.3) is 0 Å². The third-order valence-corrected chi connectivity index (χ3v) is 3.49. The van der Waals surface area contributed by atoms with Crippen LogP contribution in [0.4, 0.5) is 0 Å². The van der Waals surface area contributed by atoms with E-state index in [-0.39, 0.29) is 5.84 Å². The first-order valence-electron chi connectivity index (χ1n) is 4.91. The molecule has 0 heterocycles. The molecule has 0 aromatic heterocycles. The van der Waals surface area contributed by atoms with Crippen LogP contribution < -0.4 is 5.73 Å². The topological polar surface area (TPSA) is 58.6 Å². The van der Waals surface area contributed by atoms with E-state index >= 15 is 0 Å². The molecule has 0 bridgehead atoms. The van der Waals surface area contributed by atoms with Crippen molar-refractivity contribution in [3.63, 3.8) is 0 Å². The summed E-state index contributed by atoms with van der Waals surface area (Å²) in [6.07, 6.45) is 1.11. The number of nitrogens with two attached hydrogens (primary N) is 1. The molecular weight excluding hydrogens is 208 g/mol. The number of aryl methyl sites for hydroxylation is 1. The molecule has 0 amide bonds. The van der Waals surface area contributed by atoms with Crippen LogP contribution in [-0.4, -0.2) is 16.8 Å². The Morgan fingerprint density at radius 2 is 2.27 bits per heavy atom. The predicted octanol–water partition coefficient (Wildman–Crippen LogP) is 2.59. The standard InChI is InChI=1S/C11H16N2OS/c1-3-7-15-10-8(2)5-4-6-9(10)11(12)13-14/h4-6,14H,3,7H2,1-2H3,(H2,12,13). The molecule has 15 heavy (non-hydrogen) atoms. The van der Waals surface area contributed by atoms with Crippen LogP contribution in [0.5, 0.6) is 0 Å². The summed E-state index contributed by atoms with van der Waals surface area (Å²) in [5.41, 5.74) is 7.60. The second-order valence-corrected chi connectivity index (χ2v) is 4.39. The SMILES string of the molecule is CCCSc1c(C)cccc1/C(N)=N/O. The summed E-state index contributed by atoms with van der Waals surface area (Å²) in [6.45, 7) is 4.17. The molecule has 0 fully saturated rings. The lowest BCUT2D eigenvalue weighted by Gasteiger charge is -2.10. The molecule has 3 nitrogen and oxygen atoms in total. The van der Waals surface area contributed by atoms with Crippen molar-refractivity contribution in [1.29, 1.82) is 0 Å². The van der Waals surface area contributed by atoms with E-state index in [9.17, 15) is 0 Å². The Morgan fingerprint density at radius 1 is 1.53 bits per heavy atom. The maximum Gasteiger partial charge on any atom is 0.171 e. The van der Waals surface area contributed by atoms with Crippen molar-refractivity contribution in [1.82, 2.24) is 0 Å². The highest BCUT2D eigenvalue weighted by molar-refractivity contribution is 7.99. The van der Waals surface area contributed by atoms with E-state index in [0.29, 0.717) is 0 Å². The van der Waals surface area contributed by atoms with Gasteiger partial charge in [-0.05, 0) is 24.7 Å². The van der Waals surface area contributed by atoms with Crippen LogP contribution in [0.2, 0.25) is 0 Å². The van der Waals surface area contributed by atoms with Gasteiger partial charge in [0.15, 0.2) is 5.84 Å². The lowest BCUT2D eigenvalue weighted by atomic mass is 10.1. The molecule has 0 aliphatic heterocycles. The van der Waals surface area contributed by atoms with Gasteiger partial charge in [0.1, 0.15) is 0 Å². The zero-order valence-electron chi connectivity index (χ0n) is 9.03. The van der Waals surface area contributed by atoms with E-state index in [4.69, 9.17) is 10.9 Å². The van der Waals surface area contributed by atoms with Gasteiger partial charge >= 0.3 is 0 Å². The molecule has 82 valence electrons. The van der Waals surface area contributed by atoms with Crippen LogP contribution in [0.15, 0.2) is 28.3 Å². The monoisotopic (exact) mass is 224 g/mol. The van der Waals surface area contributed by atoms with Crippen LogP contribution >= 0.6 is 11.8 Å². The highest BCUT2D eigenvalue weighted by atomic mass is 32.2. The summed E-state index contributed by atoms with van der Waals surface area (Å²) in [7, 11) is 0. The van der Waals surface area contributed by atoms with E-state index in [0.717, 1.165) is 28.2 Å². The maximum absolute atomic E-state index is 8.68. The van der Waals surface area contributed by atoms with Gasteiger partial charge < -0.3 is 10.9 Å². The van der Waals surface area contributed by atoms with Crippen LogP contribution in [-0.2, 0) is 0 Å². The van der Waals surface area contributed by atoms with Gasteiger partial charge in [-0.25, -0.2) is 0 Å². The number of oxime groups is 1. The van der Waals surface area contributed by atoms with E-state index in [2.05, 4.69) is 12.1 Å². The zero-order chi connectivity index (χ0) is 11.3. The molecule has 1 aromatic rings. The maximum atomic E-state index is 8.68. The molecule has 0 saturated carbocycles. The first-order valence-corrected chi connectivity index (χ1v) is 5.89. The van der Waals surface area contributed by atoms with Gasteiger partial charge in [0.2, 0.25) is 0 Å². The van der Waals surface area contributed by atoms with Crippen LogP contribution in [0.3, 0.4) is 0 Å². The summed E-state index contributed by atoms with van der Waals surface area (Å²) >= 11 is 1.75. The number of amidine groups is 1. The number of benzene rings is 1. The molecule has 1 rings (SSSR count). The average Bonchev–Trinajstić information content (AvgIpc) is 2.26. The summed E-state index contributed by atoms with van der Waals surface area (Å²) in [4.78, 5) is 1.11. The highest BCUT2D eigenvalue weighted by Crippen LogP contribution is 2.26. The lowest BCUT2D eigenvalue weighted by molar-refractivity contribution is 0.318. The Balaban J connectivity index is 3.08. The fourth-order valence-corrected chi connectivity index (χ4v) is 2.34. The van der Waals surface area contributed by atoms with Crippen molar-refractivity contribution in [3.05, 3.63) is 29.3 Å². The molecule has 3 N–H and O–H groups in total. The quantitative estimate of drug-likeness (QED) is 0.272. The summed E-state index contributed by atoms with van der Waals surface area (Å²) in [6, 6.07) is 5.82. The van der Waals surface area contributed by atoms with Crippen molar-refractivity contribution in [2.45, 2.75) is 25.2 Å². The molecule has 4 heteroatoms. The molecule has 0 radical (unpaired) electrons. The predicted molar refractivity (Wildman–Crippen MR) is 64.7 cm³/mol. The van der Waals surface area contributed by atoms with Crippen molar-refractivity contribution >= 4 is 17.6 Å². The third kappa shape index (κ3) is 2.89. The number of thioether (sulfide) groups is 1. The third-order valence-electron chi connectivity index (χ3n) is 2.05. The molecule has 0 saturated heterocycles. The number of nitrogens with zero attached hydrogens (tertiary/aromatic N) is 1. The minimum absolute atomic E-state index is 0.178. The Morgan fingerprint density at radius 3 is 2.87 bits per heavy atom. The normalized spacial score (nSPS) is 11.7. The van der Waals surface area contributed by atoms with E-state index in [1.54, 1.807) is 11.8 Å². The molecule has 0 aliphatic rings. The Labute approximate surface area is 94.4 Å². The number of rotatable bonds is 4. The fourth-order valence-electron chi connectivity index (χ4n) is 1.30. The van der Waals surface area contributed by atoms with Crippen LogP contribution in [0, 0.1) is 6.92 Å². The first kappa shape index (κ1) is 11.9. The Hall–Kier alpha value is -1.16.